The molecule has 5 heteroatoms. The topological polar surface area (TPSA) is 54.5 Å². The number of nitrogens with zero attached hydrogens (tertiary/aromatic N) is 4. The number of aryl methyl sites for hydroxylation is 1. The van der Waals surface area contributed by atoms with Gasteiger partial charge in [0.1, 0.15) is 18.1 Å². The summed E-state index contributed by atoms with van der Waals surface area (Å²) >= 11 is 6.07. The van der Waals surface area contributed by atoms with E-state index in [9.17, 15) is 5.26 Å². The van der Waals surface area contributed by atoms with Crippen LogP contribution in [-0.4, -0.2) is 14.8 Å². The minimum Gasteiger partial charge on any atom is -0.251 e. The zero-order valence-electron chi connectivity index (χ0n) is 13.1. The second-order valence-electron chi connectivity index (χ2n) is 5.78. The van der Waals surface area contributed by atoms with E-state index in [0.717, 1.165) is 17.5 Å². The Labute approximate surface area is 146 Å². The van der Waals surface area contributed by atoms with Gasteiger partial charge in [0, 0.05) is 5.02 Å². The van der Waals surface area contributed by atoms with Gasteiger partial charge in [-0.05, 0) is 36.1 Å². The molecule has 0 fully saturated rings. The molecule has 0 amide bonds. The summed E-state index contributed by atoms with van der Waals surface area (Å²) in [6.07, 6.45) is 4.57. The van der Waals surface area contributed by atoms with E-state index in [1.165, 1.54) is 6.33 Å². The van der Waals surface area contributed by atoms with E-state index in [-0.39, 0.29) is 0 Å². The van der Waals surface area contributed by atoms with E-state index in [4.69, 9.17) is 11.6 Å². The van der Waals surface area contributed by atoms with Crippen LogP contribution < -0.4 is 0 Å². The number of rotatable bonds is 6. The summed E-state index contributed by atoms with van der Waals surface area (Å²) in [5.74, 6) is 0. The predicted octanol–water partition coefficient (Wildman–Crippen LogP) is 4.03. The highest BCUT2D eigenvalue weighted by Crippen LogP contribution is 2.31. The van der Waals surface area contributed by atoms with Crippen LogP contribution in [0.15, 0.2) is 67.3 Å². The van der Waals surface area contributed by atoms with Crippen LogP contribution in [0.25, 0.3) is 0 Å². The van der Waals surface area contributed by atoms with Gasteiger partial charge in [0.05, 0.1) is 12.6 Å². The summed E-state index contributed by atoms with van der Waals surface area (Å²) in [4.78, 5) is 3.99. The van der Waals surface area contributed by atoms with Crippen molar-refractivity contribution in [1.29, 1.82) is 5.26 Å². The molecule has 1 heterocycles. The van der Waals surface area contributed by atoms with Crippen LogP contribution in [0.3, 0.4) is 0 Å². The summed E-state index contributed by atoms with van der Waals surface area (Å²) in [5, 5.41) is 14.9. The van der Waals surface area contributed by atoms with Crippen molar-refractivity contribution in [3.05, 3.63) is 83.4 Å². The standard InChI is InChI=1S/C19H17ClN4/c20-18-8-4-5-16(11-18)9-10-19(12-21,13-24-15-22-14-23-24)17-6-2-1-3-7-17/h1-8,11,14-15H,9-10,13H2. The fourth-order valence-corrected chi connectivity index (χ4v) is 3.08. The number of hydrogen-bond acceptors (Lipinski definition) is 3. The van der Waals surface area contributed by atoms with Crippen LogP contribution in [0, 0.1) is 11.3 Å². The minimum atomic E-state index is -0.669. The Morgan fingerprint density at radius 2 is 1.96 bits per heavy atom. The third kappa shape index (κ3) is 3.64. The van der Waals surface area contributed by atoms with Crippen molar-refractivity contribution in [2.75, 3.05) is 0 Å². The third-order valence-corrected chi connectivity index (χ3v) is 4.40. The van der Waals surface area contributed by atoms with Crippen LogP contribution in [0.5, 0.6) is 0 Å². The summed E-state index contributed by atoms with van der Waals surface area (Å²) < 4.78 is 1.72. The van der Waals surface area contributed by atoms with Crippen LogP contribution in [-0.2, 0) is 18.4 Å². The van der Waals surface area contributed by atoms with Gasteiger partial charge >= 0.3 is 0 Å². The van der Waals surface area contributed by atoms with E-state index in [0.29, 0.717) is 18.0 Å². The molecular formula is C19H17ClN4. The van der Waals surface area contributed by atoms with Crippen LogP contribution in [0.2, 0.25) is 5.02 Å². The predicted molar refractivity (Wildman–Crippen MR) is 93.5 cm³/mol. The Balaban J connectivity index is 1.90. The maximum Gasteiger partial charge on any atom is 0.137 e. The maximum atomic E-state index is 10.0. The second-order valence-corrected chi connectivity index (χ2v) is 6.22. The first-order chi connectivity index (χ1) is 11.7. The molecule has 24 heavy (non-hydrogen) atoms. The van der Waals surface area contributed by atoms with Gasteiger partial charge in [-0.15, -0.1) is 0 Å². The van der Waals surface area contributed by atoms with Gasteiger partial charge in [0.25, 0.3) is 0 Å². The first kappa shape index (κ1) is 16.2. The van der Waals surface area contributed by atoms with Gasteiger partial charge in [-0.3, -0.25) is 4.68 Å². The molecule has 0 bridgehead atoms. The molecule has 0 aliphatic rings. The lowest BCUT2D eigenvalue weighted by atomic mass is 9.77. The lowest BCUT2D eigenvalue weighted by molar-refractivity contribution is 0.402. The molecule has 3 rings (SSSR count). The van der Waals surface area contributed by atoms with Crippen molar-refractivity contribution in [1.82, 2.24) is 14.8 Å². The second kappa shape index (κ2) is 7.29. The molecule has 0 N–H and O–H groups in total. The fraction of sp³-hybridized carbons (Fsp3) is 0.211. The van der Waals surface area contributed by atoms with Gasteiger partial charge in [-0.1, -0.05) is 54.1 Å². The highest BCUT2D eigenvalue weighted by atomic mass is 35.5. The lowest BCUT2D eigenvalue weighted by Gasteiger charge is -2.27. The van der Waals surface area contributed by atoms with Gasteiger partial charge in [-0.2, -0.15) is 10.4 Å². The molecule has 2 aromatic carbocycles. The van der Waals surface area contributed by atoms with E-state index < -0.39 is 5.41 Å². The Hall–Kier alpha value is -2.64. The molecule has 0 saturated heterocycles. The molecule has 0 radical (unpaired) electrons. The van der Waals surface area contributed by atoms with E-state index in [1.807, 2.05) is 54.6 Å². The molecule has 4 nitrogen and oxygen atoms in total. The number of benzene rings is 2. The molecule has 1 aromatic heterocycles. The molecule has 1 atom stereocenters. The maximum absolute atomic E-state index is 10.0. The largest absolute Gasteiger partial charge is 0.251 e. The minimum absolute atomic E-state index is 0.466. The monoisotopic (exact) mass is 336 g/mol. The number of hydrogen-bond donors (Lipinski definition) is 0. The Morgan fingerprint density at radius 3 is 2.62 bits per heavy atom. The van der Waals surface area contributed by atoms with Crippen LogP contribution >= 0.6 is 11.6 Å². The van der Waals surface area contributed by atoms with Crippen molar-refractivity contribution in [3.63, 3.8) is 0 Å². The highest BCUT2D eigenvalue weighted by molar-refractivity contribution is 6.30. The van der Waals surface area contributed by atoms with E-state index in [2.05, 4.69) is 16.2 Å². The third-order valence-electron chi connectivity index (χ3n) is 4.17. The zero-order valence-corrected chi connectivity index (χ0v) is 13.9. The normalized spacial score (nSPS) is 13.2. The van der Waals surface area contributed by atoms with Crippen LogP contribution in [0.1, 0.15) is 17.5 Å². The molecule has 0 saturated carbocycles. The van der Waals surface area contributed by atoms with E-state index in [1.54, 1.807) is 11.0 Å². The molecular weight excluding hydrogens is 320 g/mol. The molecule has 0 spiro atoms. The SMILES string of the molecule is N#CC(CCc1cccc(Cl)c1)(Cn1cncn1)c1ccccc1. The molecule has 0 aliphatic heterocycles. The number of aromatic nitrogens is 3. The number of nitriles is 1. The van der Waals surface area contributed by atoms with Crippen molar-refractivity contribution < 1.29 is 0 Å². The molecule has 0 aliphatic carbocycles. The van der Waals surface area contributed by atoms with Gasteiger partial charge < -0.3 is 0 Å². The molecule has 3 aromatic rings. The highest BCUT2D eigenvalue weighted by Gasteiger charge is 2.33. The smallest absolute Gasteiger partial charge is 0.137 e. The zero-order chi connectivity index (χ0) is 16.8. The van der Waals surface area contributed by atoms with Gasteiger partial charge in [0.2, 0.25) is 0 Å². The van der Waals surface area contributed by atoms with Crippen molar-refractivity contribution in [2.24, 2.45) is 0 Å². The summed E-state index contributed by atoms with van der Waals surface area (Å²) in [7, 11) is 0. The van der Waals surface area contributed by atoms with Crippen molar-refractivity contribution in [2.45, 2.75) is 24.8 Å². The van der Waals surface area contributed by atoms with E-state index >= 15 is 0 Å². The average Bonchev–Trinajstić information content (AvgIpc) is 3.12. The summed E-state index contributed by atoms with van der Waals surface area (Å²) in [6.45, 7) is 0.466. The molecule has 120 valence electrons. The quantitative estimate of drug-likeness (QED) is 0.683. The summed E-state index contributed by atoms with van der Waals surface area (Å²) in [5.41, 5.74) is 1.44. The molecule has 1 unspecified atom stereocenters. The van der Waals surface area contributed by atoms with Gasteiger partial charge in [-0.25, -0.2) is 4.98 Å². The lowest BCUT2D eigenvalue weighted by Crippen LogP contribution is -2.31. The fourth-order valence-electron chi connectivity index (χ4n) is 2.87. The van der Waals surface area contributed by atoms with Crippen LogP contribution in [0.4, 0.5) is 0 Å². The Bertz CT molecular complexity index is 824. The average molecular weight is 337 g/mol. The van der Waals surface area contributed by atoms with Crippen molar-refractivity contribution >= 4 is 11.6 Å². The Kier molecular flexibility index (Phi) is 4.93. The Morgan fingerprint density at radius 1 is 1.12 bits per heavy atom. The first-order valence-electron chi connectivity index (χ1n) is 7.75. The van der Waals surface area contributed by atoms with Crippen molar-refractivity contribution in [3.8, 4) is 6.07 Å². The summed E-state index contributed by atoms with van der Waals surface area (Å²) in [6, 6.07) is 20.2. The first-order valence-corrected chi connectivity index (χ1v) is 8.13. The van der Waals surface area contributed by atoms with Gasteiger partial charge in [0.15, 0.2) is 0 Å². The number of halogens is 1.